The molecule has 1 N–H and O–H groups in total. The zero-order chi connectivity index (χ0) is 18.6. The molecule has 1 aliphatic rings. The van der Waals surface area contributed by atoms with Crippen LogP contribution in [0.25, 0.3) is 10.2 Å². The van der Waals surface area contributed by atoms with Gasteiger partial charge < -0.3 is 5.32 Å². The standard InChI is InChI=1S/C21H21IN2OS2/c22-16-8-6-14(7-9-16)13-26-21-24-18-11-10-17(12-19(18)27-21)23-20(25)15-4-2-1-3-5-15/h6-12,15H,1-5,13H2,(H,23,25). The predicted octanol–water partition coefficient (Wildman–Crippen LogP) is 6.71. The molecule has 0 unspecified atom stereocenters. The number of hydrogen-bond acceptors (Lipinski definition) is 4. The molecule has 4 rings (SSSR count). The molecule has 0 radical (unpaired) electrons. The van der Waals surface area contributed by atoms with Crippen molar-refractivity contribution >= 4 is 67.5 Å². The van der Waals surface area contributed by atoms with Gasteiger partial charge in [0.15, 0.2) is 4.34 Å². The van der Waals surface area contributed by atoms with E-state index in [0.717, 1.165) is 38.8 Å². The Morgan fingerprint density at radius 2 is 1.93 bits per heavy atom. The number of anilines is 1. The van der Waals surface area contributed by atoms with Gasteiger partial charge in [-0.05, 0) is 71.3 Å². The summed E-state index contributed by atoms with van der Waals surface area (Å²) < 4.78 is 3.45. The van der Waals surface area contributed by atoms with E-state index in [2.05, 4.69) is 58.2 Å². The van der Waals surface area contributed by atoms with E-state index in [9.17, 15) is 4.79 Å². The summed E-state index contributed by atoms with van der Waals surface area (Å²) >= 11 is 5.78. The zero-order valence-electron chi connectivity index (χ0n) is 14.9. The van der Waals surface area contributed by atoms with Crippen LogP contribution in [0, 0.1) is 9.49 Å². The molecule has 6 heteroatoms. The molecular formula is C21H21IN2OS2. The van der Waals surface area contributed by atoms with Gasteiger partial charge in [0.2, 0.25) is 5.91 Å². The fourth-order valence-electron chi connectivity index (χ4n) is 3.38. The van der Waals surface area contributed by atoms with E-state index in [-0.39, 0.29) is 11.8 Å². The van der Waals surface area contributed by atoms with Crippen molar-refractivity contribution < 1.29 is 4.79 Å². The topological polar surface area (TPSA) is 42.0 Å². The Balaban J connectivity index is 1.41. The van der Waals surface area contributed by atoms with Crippen molar-refractivity contribution in [3.05, 3.63) is 51.6 Å². The molecule has 0 saturated heterocycles. The predicted molar refractivity (Wildman–Crippen MR) is 124 cm³/mol. The van der Waals surface area contributed by atoms with E-state index in [1.165, 1.54) is 28.4 Å². The maximum atomic E-state index is 12.5. The van der Waals surface area contributed by atoms with Crippen LogP contribution in [-0.2, 0) is 10.5 Å². The number of aromatic nitrogens is 1. The second kappa shape index (κ2) is 8.92. The first-order valence-corrected chi connectivity index (χ1v) is 12.1. The summed E-state index contributed by atoms with van der Waals surface area (Å²) in [5.74, 6) is 1.27. The lowest BCUT2D eigenvalue weighted by atomic mass is 9.88. The molecule has 1 aliphatic carbocycles. The molecular weight excluding hydrogens is 487 g/mol. The van der Waals surface area contributed by atoms with Gasteiger partial charge >= 0.3 is 0 Å². The number of nitrogens with zero attached hydrogens (tertiary/aromatic N) is 1. The number of thioether (sulfide) groups is 1. The molecule has 1 amide bonds. The highest BCUT2D eigenvalue weighted by molar-refractivity contribution is 14.1. The molecule has 140 valence electrons. The third-order valence-electron chi connectivity index (χ3n) is 4.89. The normalized spacial score (nSPS) is 15.1. The number of thiazole rings is 1. The zero-order valence-corrected chi connectivity index (χ0v) is 18.7. The van der Waals surface area contributed by atoms with E-state index in [4.69, 9.17) is 4.98 Å². The van der Waals surface area contributed by atoms with Gasteiger partial charge in [0, 0.05) is 20.9 Å². The average molecular weight is 508 g/mol. The smallest absolute Gasteiger partial charge is 0.227 e. The van der Waals surface area contributed by atoms with Crippen LogP contribution in [0.15, 0.2) is 46.8 Å². The minimum atomic E-state index is 0.173. The summed E-state index contributed by atoms with van der Waals surface area (Å²) in [4.78, 5) is 17.2. The Labute approximate surface area is 181 Å². The minimum absolute atomic E-state index is 0.173. The van der Waals surface area contributed by atoms with Crippen LogP contribution < -0.4 is 5.32 Å². The maximum absolute atomic E-state index is 12.5. The summed E-state index contributed by atoms with van der Waals surface area (Å²) in [5.41, 5.74) is 3.19. The largest absolute Gasteiger partial charge is 0.326 e. The Morgan fingerprint density at radius 3 is 2.70 bits per heavy atom. The number of carbonyl (C=O) groups is 1. The SMILES string of the molecule is O=C(Nc1ccc2nc(SCc3ccc(I)cc3)sc2c1)C1CCCCC1. The summed E-state index contributed by atoms with van der Waals surface area (Å²) in [6.45, 7) is 0. The van der Waals surface area contributed by atoms with Crippen molar-refractivity contribution in [2.45, 2.75) is 42.2 Å². The van der Waals surface area contributed by atoms with Crippen LogP contribution in [0.1, 0.15) is 37.7 Å². The quantitative estimate of drug-likeness (QED) is 0.308. The molecule has 1 saturated carbocycles. The lowest BCUT2D eigenvalue weighted by Gasteiger charge is -2.20. The van der Waals surface area contributed by atoms with Gasteiger partial charge in [0.1, 0.15) is 0 Å². The summed E-state index contributed by atoms with van der Waals surface area (Å²) in [5, 5.41) is 3.11. The first-order chi connectivity index (χ1) is 13.2. The first kappa shape index (κ1) is 19.2. The molecule has 0 spiro atoms. The molecule has 3 nitrogen and oxygen atoms in total. The molecule has 1 aromatic heterocycles. The van der Waals surface area contributed by atoms with Crippen LogP contribution in [-0.4, -0.2) is 10.9 Å². The van der Waals surface area contributed by atoms with Gasteiger partial charge in [-0.25, -0.2) is 4.98 Å². The Kier molecular flexibility index (Phi) is 6.35. The molecule has 3 aromatic rings. The van der Waals surface area contributed by atoms with Crippen LogP contribution in [0.2, 0.25) is 0 Å². The lowest BCUT2D eigenvalue weighted by molar-refractivity contribution is -0.120. The second-order valence-corrected chi connectivity index (χ2v) is 10.4. The number of halogens is 1. The van der Waals surface area contributed by atoms with Crippen LogP contribution in [0.3, 0.4) is 0 Å². The molecule has 0 atom stereocenters. The van der Waals surface area contributed by atoms with E-state index in [0.29, 0.717) is 0 Å². The third-order valence-corrected chi connectivity index (χ3v) is 7.84. The van der Waals surface area contributed by atoms with Crippen molar-refractivity contribution in [1.82, 2.24) is 4.98 Å². The van der Waals surface area contributed by atoms with Gasteiger partial charge in [-0.2, -0.15) is 0 Å². The van der Waals surface area contributed by atoms with Crippen molar-refractivity contribution in [2.24, 2.45) is 5.92 Å². The Hall–Kier alpha value is -1.12. The van der Waals surface area contributed by atoms with Crippen LogP contribution in [0.5, 0.6) is 0 Å². The molecule has 2 aromatic carbocycles. The third kappa shape index (κ3) is 5.03. The maximum Gasteiger partial charge on any atom is 0.227 e. The van der Waals surface area contributed by atoms with Crippen LogP contribution >= 0.6 is 45.7 Å². The first-order valence-electron chi connectivity index (χ1n) is 9.26. The van der Waals surface area contributed by atoms with E-state index < -0.39 is 0 Å². The molecule has 1 fully saturated rings. The van der Waals surface area contributed by atoms with Gasteiger partial charge in [0.25, 0.3) is 0 Å². The van der Waals surface area contributed by atoms with E-state index in [1.54, 1.807) is 23.1 Å². The van der Waals surface area contributed by atoms with E-state index >= 15 is 0 Å². The number of rotatable bonds is 5. The number of hydrogen-bond donors (Lipinski definition) is 1. The highest BCUT2D eigenvalue weighted by atomic mass is 127. The summed E-state index contributed by atoms with van der Waals surface area (Å²) in [6.07, 6.45) is 5.65. The van der Waals surface area contributed by atoms with Crippen molar-refractivity contribution in [1.29, 1.82) is 0 Å². The monoisotopic (exact) mass is 508 g/mol. The van der Waals surface area contributed by atoms with Crippen molar-refractivity contribution in [3.8, 4) is 0 Å². The lowest BCUT2D eigenvalue weighted by Crippen LogP contribution is -2.24. The summed E-state index contributed by atoms with van der Waals surface area (Å²) in [6, 6.07) is 14.6. The van der Waals surface area contributed by atoms with E-state index in [1.807, 2.05) is 12.1 Å². The number of fused-ring (bicyclic) bond motifs is 1. The number of benzene rings is 2. The number of amides is 1. The van der Waals surface area contributed by atoms with Gasteiger partial charge in [0.05, 0.1) is 10.2 Å². The van der Waals surface area contributed by atoms with Crippen LogP contribution in [0.4, 0.5) is 5.69 Å². The van der Waals surface area contributed by atoms with Gasteiger partial charge in [-0.1, -0.05) is 43.2 Å². The van der Waals surface area contributed by atoms with Gasteiger partial charge in [-0.15, -0.1) is 11.3 Å². The highest BCUT2D eigenvalue weighted by Crippen LogP contribution is 2.33. The number of carbonyl (C=O) groups excluding carboxylic acids is 1. The fourth-order valence-corrected chi connectivity index (χ4v) is 5.80. The fraction of sp³-hybridized carbons (Fsp3) is 0.333. The Morgan fingerprint density at radius 1 is 1.15 bits per heavy atom. The number of nitrogens with one attached hydrogen (secondary N) is 1. The van der Waals surface area contributed by atoms with Crippen molar-refractivity contribution in [2.75, 3.05) is 5.32 Å². The minimum Gasteiger partial charge on any atom is -0.326 e. The highest BCUT2D eigenvalue weighted by Gasteiger charge is 2.21. The average Bonchev–Trinajstić information content (AvgIpc) is 3.10. The Bertz CT molecular complexity index is 933. The molecule has 27 heavy (non-hydrogen) atoms. The molecule has 1 heterocycles. The summed E-state index contributed by atoms with van der Waals surface area (Å²) in [7, 11) is 0. The van der Waals surface area contributed by atoms with Gasteiger partial charge in [-0.3, -0.25) is 4.79 Å². The molecule has 0 bridgehead atoms. The second-order valence-electron chi connectivity index (χ2n) is 6.90. The molecule has 0 aliphatic heterocycles. The van der Waals surface area contributed by atoms with Crippen molar-refractivity contribution in [3.63, 3.8) is 0 Å².